The van der Waals surface area contributed by atoms with Gasteiger partial charge in [0, 0.05) is 101 Å². The van der Waals surface area contributed by atoms with Crippen molar-refractivity contribution in [1.82, 2.24) is 30.2 Å². The molecule has 12 heteroatoms. The van der Waals surface area contributed by atoms with Gasteiger partial charge in [0.15, 0.2) is 0 Å². The van der Waals surface area contributed by atoms with Crippen molar-refractivity contribution in [3.8, 4) is 34.6 Å². The van der Waals surface area contributed by atoms with E-state index >= 15 is 0 Å². The van der Waals surface area contributed by atoms with Crippen LogP contribution in [-0.4, -0.2) is 74.0 Å². The fourth-order valence-electron chi connectivity index (χ4n) is 7.52. The van der Waals surface area contributed by atoms with Gasteiger partial charge in [-0.05, 0) is 78.9 Å². The summed E-state index contributed by atoms with van der Waals surface area (Å²) in [6, 6.07) is 21.1. The smallest absolute Gasteiger partial charge is 0.255 e. The van der Waals surface area contributed by atoms with Gasteiger partial charge in [-0.1, -0.05) is 24.0 Å². The number of imide groups is 1. The summed E-state index contributed by atoms with van der Waals surface area (Å²) in [6.45, 7) is 1.16. The Morgan fingerprint density at radius 1 is 0.839 bits per heavy atom. The van der Waals surface area contributed by atoms with E-state index in [-0.39, 0.29) is 37.0 Å². The van der Waals surface area contributed by atoms with Gasteiger partial charge in [0.25, 0.3) is 5.91 Å². The highest BCUT2D eigenvalue weighted by Crippen LogP contribution is 2.32. The molecule has 1 saturated heterocycles. The molecule has 2 aromatic carbocycles. The number of fused-ring (bicyclic) bond motifs is 4. The Labute approximate surface area is 322 Å². The molecular formula is C44H38N6O6. The first kappa shape index (κ1) is 35.1. The lowest BCUT2D eigenvalue weighted by Gasteiger charge is -2.34. The topological polar surface area (TPSA) is 149 Å². The minimum atomic E-state index is -0.632. The maximum atomic E-state index is 12.9. The molecular weight excluding hydrogens is 709 g/mol. The van der Waals surface area contributed by atoms with Crippen LogP contribution >= 0.6 is 0 Å². The standard InChI is InChI=1S/C44H38N6O6/c51-41-13-12-40(43(52)49-41)50-26-30-19-27(5-10-35(30)44(50)53)3-1-17-54-18-2-4-31-8-9-32(24-46-31)55-33-21-34(22-33)56-42-14-7-29(23-47-42)28-6-11-36-37-25-45-16-15-38(37)48-39(36)20-28/h5-11,14-16,19-20,23-25,33-34,40,48H,2,4,12-13,17-18,21-22,26H2,(H,49,51,52). The number of benzene rings is 2. The Bertz CT molecular complexity index is 2520. The van der Waals surface area contributed by atoms with Gasteiger partial charge in [-0.2, -0.15) is 0 Å². The molecule has 3 amide bonds. The first-order valence-electron chi connectivity index (χ1n) is 18.9. The van der Waals surface area contributed by atoms with Crippen LogP contribution in [0.15, 0.2) is 91.5 Å². The Balaban J connectivity index is 0.670. The molecule has 0 bridgehead atoms. The maximum absolute atomic E-state index is 12.9. The molecule has 2 aliphatic heterocycles. The zero-order valence-electron chi connectivity index (χ0n) is 30.5. The van der Waals surface area contributed by atoms with Crippen LogP contribution in [0, 0.1) is 11.8 Å². The number of aromatic nitrogens is 4. The number of H-pyrrole nitrogens is 1. The number of pyridine rings is 3. The number of aromatic amines is 1. The number of piperidine rings is 1. The lowest BCUT2D eigenvalue weighted by Crippen LogP contribution is -2.52. The molecule has 12 nitrogen and oxygen atoms in total. The van der Waals surface area contributed by atoms with Crippen molar-refractivity contribution in [3.05, 3.63) is 114 Å². The van der Waals surface area contributed by atoms with Crippen LogP contribution in [0.3, 0.4) is 0 Å². The van der Waals surface area contributed by atoms with E-state index in [9.17, 15) is 14.4 Å². The summed E-state index contributed by atoms with van der Waals surface area (Å²) in [4.78, 5) is 55.1. The third-order valence-electron chi connectivity index (χ3n) is 10.6. The quantitative estimate of drug-likeness (QED) is 0.0936. The van der Waals surface area contributed by atoms with Crippen LogP contribution in [-0.2, 0) is 27.3 Å². The van der Waals surface area contributed by atoms with E-state index in [1.54, 1.807) is 24.5 Å². The molecule has 2 N–H and O–H groups in total. The highest BCUT2D eigenvalue weighted by atomic mass is 16.5. The summed E-state index contributed by atoms with van der Waals surface area (Å²) in [5.74, 6) is 6.58. The lowest BCUT2D eigenvalue weighted by atomic mass is 9.92. The number of rotatable bonds is 11. The minimum Gasteiger partial charge on any atom is -0.489 e. The van der Waals surface area contributed by atoms with Crippen LogP contribution in [0.25, 0.3) is 32.9 Å². The molecule has 9 rings (SSSR count). The molecule has 4 aromatic heterocycles. The van der Waals surface area contributed by atoms with Crippen molar-refractivity contribution >= 4 is 39.5 Å². The van der Waals surface area contributed by atoms with Crippen molar-refractivity contribution < 1.29 is 28.6 Å². The van der Waals surface area contributed by atoms with Gasteiger partial charge in [0.2, 0.25) is 17.7 Å². The SMILES string of the molecule is O=C1CCC(N2Cc3cc(C#CCOCCCc4ccc(OC5CC(Oc6ccc(-c7ccc8c(c7)[nH]c7ccncc78)cn6)C5)cn4)ccc3C2=O)C(=O)N1. The van der Waals surface area contributed by atoms with Crippen LogP contribution < -0.4 is 14.8 Å². The van der Waals surface area contributed by atoms with Crippen molar-refractivity contribution in [3.63, 3.8) is 0 Å². The molecule has 56 heavy (non-hydrogen) atoms. The summed E-state index contributed by atoms with van der Waals surface area (Å²) < 4.78 is 18.0. The molecule has 1 aliphatic carbocycles. The number of hydrogen-bond donors (Lipinski definition) is 2. The molecule has 0 spiro atoms. The fourth-order valence-corrected chi connectivity index (χ4v) is 7.52. The van der Waals surface area contributed by atoms with Crippen molar-refractivity contribution in [2.45, 2.75) is 63.3 Å². The van der Waals surface area contributed by atoms with Crippen LogP contribution in [0.2, 0.25) is 0 Å². The van der Waals surface area contributed by atoms with Gasteiger partial charge < -0.3 is 24.1 Å². The summed E-state index contributed by atoms with van der Waals surface area (Å²) >= 11 is 0. The lowest BCUT2D eigenvalue weighted by molar-refractivity contribution is -0.136. The first-order valence-corrected chi connectivity index (χ1v) is 18.9. The first-order chi connectivity index (χ1) is 27.4. The van der Waals surface area contributed by atoms with Crippen molar-refractivity contribution in [2.75, 3.05) is 13.2 Å². The predicted molar refractivity (Wildman–Crippen MR) is 208 cm³/mol. The van der Waals surface area contributed by atoms with Gasteiger partial charge in [0.05, 0.1) is 6.20 Å². The van der Waals surface area contributed by atoms with Crippen LogP contribution in [0.5, 0.6) is 11.6 Å². The van der Waals surface area contributed by atoms with Gasteiger partial charge in [-0.15, -0.1) is 0 Å². The second-order valence-electron chi connectivity index (χ2n) is 14.4. The van der Waals surface area contributed by atoms with Crippen LogP contribution in [0.1, 0.15) is 59.3 Å². The number of nitrogens with zero attached hydrogens (tertiary/aromatic N) is 4. The number of aryl methyl sites for hydroxylation is 1. The second-order valence-corrected chi connectivity index (χ2v) is 14.4. The predicted octanol–water partition coefficient (Wildman–Crippen LogP) is 5.92. The zero-order chi connectivity index (χ0) is 38.0. The monoisotopic (exact) mass is 746 g/mol. The third kappa shape index (κ3) is 7.41. The largest absolute Gasteiger partial charge is 0.489 e. The number of nitrogens with one attached hydrogen (secondary N) is 2. The average Bonchev–Trinajstić information content (AvgIpc) is 3.73. The summed E-state index contributed by atoms with van der Waals surface area (Å²) in [6.07, 6.45) is 11.2. The fraction of sp³-hybridized carbons (Fsp3) is 0.273. The number of hydrogen-bond acceptors (Lipinski definition) is 9. The third-order valence-corrected chi connectivity index (χ3v) is 10.6. The van der Waals surface area contributed by atoms with Gasteiger partial charge in [-0.25, -0.2) is 4.98 Å². The molecule has 0 radical (unpaired) electrons. The second kappa shape index (κ2) is 15.3. The van der Waals surface area contributed by atoms with Crippen LogP contribution in [0.4, 0.5) is 0 Å². The van der Waals surface area contributed by atoms with Gasteiger partial charge >= 0.3 is 0 Å². The van der Waals surface area contributed by atoms with Gasteiger partial charge in [0.1, 0.15) is 30.6 Å². The van der Waals surface area contributed by atoms with E-state index < -0.39 is 11.9 Å². The number of ether oxygens (including phenoxy) is 3. The van der Waals surface area contributed by atoms with E-state index in [1.807, 2.05) is 48.8 Å². The zero-order valence-corrected chi connectivity index (χ0v) is 30.5. The average molecular weight is 747 g/mol. The number of amides is 3. The highest BCUT2D eigenvalue weighted by molar-refractivity contribution is 6.08. The van der Waals surface area contributed by atoms with E-state index in [0.717, 1.165) is 81.2 Å². The Kier molecular flexibility index (Phi) is 9.59. The van der Waals surface area contributed by atoms with E-state index in [1.165, 1.54) is 4.90 Å². The molecule has 6 heterocycles. The number of carbonyl (C=O) groups excluding carboxylic acids is 3. The van der Waals surface area contributed by atoms with E-state index in [4.69, 9.17) is 14.2 Å². The Morgan fingerprint density at radius 3 is 2.57 bits per heavy atom. The molecule has 2 fully saturated rings. The molecule has 1 unspecified atom stereocenters. The minimum absolute atomic E-state index is 0.0588. The normalized spacial score (nSPS) is 19.0. The molecule has 6 aromatic rings. The summed E-state index contributed by atoms with van der Waals surface area (Å²) in [5.41, 5.74) is 7.39. The number of carbonyl (C=O) groups is 3. The molecule has 1 atom stereocenters. The summed E-state index contributed by atoms with van der Waals surface area (Å²) in [5, 5.41) is 4.60. The van der Waals surface area contributed by atoms with E-state index in [0.29, 0.717) is 31.0 Å². The Morgan fingerprint density at radius 2 is 1.73 bits per heavy atom. The highest BCUT2D eigenvalue weighted by Gasteiger charge is 2.39. The maximum Gasteiger partial charge on any atom is 0.255 e. The summed E-state index contributed by atoms with van der Waals surface area (Å²) in [7, 11) is 0. The van der Waals surface area contributed by atoms with E-state index in [2.05, 4.69) is 55.3 Å². The van der Waals surface area contributed by atoms with Gasteiger partial charge in [-0.3, -0.25) is 29.7 Å². The van der Waals surface area contributed by atoms with Crippen molar-refractivity contribution in [1.29, 1.82) is 0 Å². The van der Waals surface area contributed by atoms with Crippen molar-refractivity contribution in [2.24, 2.45) is 0 Å². The molecule has 3 aliphatic rings. The Hall–Kier alpha value is -6.58. The molecule has 1 saturated carbocycles. The molecule has 280 valence electrons.